The van der Waals surface area contributed by atoms with Crippen molar-refractivity contribution in [2.24, 2.45) is 0 Å². The van der Waals surface area contributed by atoms with Gasteiger partial charge in [-0.15, -0.1) is 0 Å². The zero-order chi connectivity index (χ0) is 23.0. The fraction of sp³-hybridized carbons (Fsp3) is 0.440. The van der Waals surface area contributed by atoms with E-state index in [4.69, 9.17) is 4.74 Å². The number of hydrogen-bond acceptors (Lipinski definition) is 3. The minimum absolute atomic E-state index is 0.0117. The summed E-state index contributed by atoms with van der Waals surface area (Å²) in [4.78, 5) is 27.6. The summed E-state index contributed by atoms with van der Waals surface area (Å²) in [5, 5.41) is 2.94. The predicted octanol–water partition coefficient (Wildman–Crippen LogP) is 4.82. The smallest absolute Gasteiger partial charge is 0.261 e. The average molecular weight is 489 g/mol. The highest BCUT2D eigenvalue weighted by Crippen LogP contribution is 2.26. The van der Waals surface area contributed by atoms with E-state index in [0.717, 1.165) is 21.2 Å². The highest BCUT2D eigenvalue weighted by molar-refractivity contribution is 9.10. The van der Waals surface area contributed by atoms with Gasteiger partial charge < -0.3 is 15.0 Å². The van der Waals surface area contributed by atoms with Crippen molar-refractivity contribution >= 4 is 27.7 Å². The fourth-order valence-corrected chi connectivity index (χ4v) is 3.72. The Kier molecular flexibility index (Phi) is 9.56. The van der Waals surface area contributed by atoms with E-state index >= 15 is 0 Å². The fourth-order valence-electron chi connectivity index (χ4n) is 3.49. The second-order valence-corrected chi connectivity index (χ2v) is 8.86. The number of nitrogens with one attached hydrogen (secondary N) is 1. The van der Waals surface area contributed by atoms with Gasteiger partial charge in [-0.05, 0) is 69.4 Å². The van der Waals surface area contributed by atoms with Crippen molar-refractivity contribution in [3.05, 3.63) is 63.6 Å². The number of rotatable bonds is 10. The van der Waals surface area contributed by atoms with Gasteiger partial charge in [0.2, 0.25) is 5.91 Å². The van der Waals surface area contributed by atoms with Crippen LogP contribution >= 0.6 is 15.9 Å². The van der Waals surface area contributed by atoms with E-state index in [0.29, 0.717) is 25.1 Å². The Morgan fingerprint density at radius 2 is 1.71 bits per heavy atom. The van der Waals surface area contributed by atoms with Gasteiger partial charge in [0.1, 0.15) is 11.8 Å². The maximum atomic E-state index is 13.2. The summed E-state index contributed by atoms with van der Waals surface area (Å²) in [5.41, 5.74) is 3.22. The lowest BCUT2D eigenvalue weighted by atomic mass is 10.1. The standard InChI is InChI=1S/C25H33BrN2O3/c1-6-22(25(30)27-17(2)3)28(13-12-20-10-8-7-9-11-20)23(29)16-31-21-14-18(4)24(26)19(5)15-21/h7-11,14-15,17,22H,6,12-13,16H2,1-5H3,(H,27,30)/t22-/m0/s1. The quantitative estimate of drug-likeness (QED) is 0.521. The zero-order valence-corrected chi connectivity index (χ0v) is 20.7. The van der Waals surface area contributed by atoms with Crippen LogP contribution in [0.25, 0.3) is 0 Å². The van der Waals surface area contributed by atoms with Gasteiger partial charge in [0, 0.05) is 17.1 Å². The van der Waals surface area contributed by atoms with Crippen molar-refractivity contribution in [1.29, 1.82) is 0 Å². The number of hydrogen-bond donors (Lipinski definition) is 1. The molecule has 2 rings (SSSR count). The molecule has 0 heterocycles. The molecule has 0 aliphatic carbocycles. The van der Waals surface area contributed by atoms with Gasteiger partial charge in [0.15, 0.2) is 6.61 Å². The van der Waals surface area contributed by atoms with Crippen LogP contribution in [-0.4, -0.2) is 41.9 Å². The van der Waals surface area contributed by atoms with E-state index in [1.165, 1.54) is 0 Å². The Morgan fingerprint density at radius 1 is 1.10 bits per heavy atom. The van der Waals surface area contributed by atoms with Gasteiger partial charge in [0.05, 0.1) is 0 Å². The summed E-state index contributed by atoms with van der Waals surface area (Å²) < 4.78 is 6.86. The first-order chi connectivity index (χ1) is 14.7. The number of carbonyl (C=O) groups excluding carboxylic acids is 2. The van der Waals surface area contributed by atoms with Gasteiger partial charge in [-0.25, -0.2) is 0 Å². The van der Waals surface area contributed by atoms with Gasteiger partial charge in [-0.1, -0.05) is 53.2 Å². The summed E-state index contributed by atoms with van der Waals surface area (Å²) in [5.74, 6) is 0.323. The van der Waals surface area contributed by atoms with Crippen molar-refractivity contribution in [1.82, 2.24) is 10.2 Å². The molecule has 168 valence electrons. The van der Waals surface area contributed by atoms with E-state index in [1.807, 2.05) is 77.1 Å². The molecular weight excluding hydrogens is 456 g/mol. The highest BCUT2D eigenvalue weighted by Gasteiger charge is 2.28. The van der Waals surface area contributed by atoms with Crippen LogP contribution in [0.3, 0.4) is 0 Å². The Bertz CT molecular complexity index is 861. The summed E-state index contributed by atoms with van der Waals surface area (Å²) >= 11 is 3.55. The molecule has 5 nitrogen and oxygen atoms in total. The Labute approximate surface area is 194 Å². The second-order valence-electron chi connectivity index (χ2n) is 8.07. The molecule has 0 aliphatic heterocycles. The number of aryl methyl sites for hydroxylation is 2. The van der Waals surface area contributed by atoms with E-state index in [9.17, 15) is 9.59 Å². The molecule has 1 N–H and O–H groups in total. The molecule has 0 aromatic heterocycles. The number of ether oxygens (including phenoxy) is 1. The third-order valence-electron chi connectivity index (χ3n) is 5.07. The van der Waals surface area contributed by atoms with Crippen molar-refractivity contribution in [3.8, 4) is 5.75 Å². The summed E-state index contributed by atoms with van der Waals surface area (Å²) in [6.07, 6.45) is 1.21. The van der Waals surface area contributed by atoms with Gasteiger partial charge in [-0.3, -0.25) is 9.59 Å². The third kappa shape index (κ3) is 7.39. The second kappa shape index (κ2) is 11.9. The molecular formula is C25H33BrN2O3. The molecule has 0 fully saturated rings. The molecule has 0 saturated carbocycles. The molecule has 2 aromatic rings. The summed E-state index contributed by atoms with van der Waals surface area (Å²) in [6.45, 7) is 10.1. The molecule has 0 unspecified atom stereocenters. The van der Waals surface area contributed by atoms with E-state index < -0.39 is 6.04 Å². The summed E-state index contributed by atoms with van der Waals surface area (Å²) in [6, 6.07) is 13.3. The molecule has 2 aromatic carbocycles. The molecule has 2 amide bonds. The maximum Gasteiger partial charge on any atom is 0.261 e. The maximum absolute atomic E-state index is 13.2. The van der Waals surface area contributed by atoms with Crippen molar-refractivity contribution in [3.63, 3.8) is 0 Å². The lowest BCUT2D eigenvalue weighted by molar-refractivity contribution is -0.142. The van der Waals surface area contributed by atoms with Crippen LogP contribution < -0.4 is 10.1 Å². The zero-order valence-electron chi connectivity index (χ0n) is 19.1. The van der Waals surface area contributed by atoms with Gasteiger partial charge >= 0.3 is 0 Å². The van der Waals surface area contributed by atoms with Crippen LogP contribution in [0.5, 0.6) is 5.75 Å². The monoisotopic (exact) mass is 488 g/mol. The number of amides is 2. The summed E-state index contributed by atoms with van der Waals surface area (Å²) in [7, 11) is 0. The lowest BCUT2D eigenvalue weighted by Gasteiger charge is -2.31. The number of halogens is 1. The molecule has 0 aliphatic rings. The predicted molar refractivity (Wildman–Crippen MR) is 128 cm³/mol. The van der Waals surface area contributed by atoms with Crippen molar-refractivity contribution < 1.29 is 14.3 Å². The molecule has 0 spiro atoms. The minimum atomic E-state index is -0.532. The van der Waals surface area contributed by atoms with E-state index in [1.54, 1.807) is 4.90 Å². The lowest BCUT2D eigenvalue weighted by Crippen LogP contribution is -2.52. The van der Waals surface area contributed by atoms with Gasteiger partial charge in [0.25, 0.3) is 5.91 Å². The van der Waals surface area contributed by atoms with Crippen LogP contribution in [0.2, 0.25) is 0 Å². The molecule has 31 heavy (non-hydrogen) atoms. The van der Waals surface area contributed by atoms with Crippen LogP contribution in [0.15, 0.2) is 46.9 Å². The number of carbonyl (C=O) groups is 2. The SMILES string of the molecule is CC[C@@H](C(=O)NC(C)C)N(CCc1ccccc1)C(=O)COc1cc(C)c(Br)c(C)c1. The molecule has 0 radical (unpaired) electrons. The molecule has 6 heteroatoms. The van der Waals surface area contributed by atoms with Crippen LogP contribution in [0, 0.1) is 13.8 Å². The Morgan fingerprint density at radius 3 is 2.26 bits per heavy atom. The van der Waals surface area contributed by atoms with Crippen LogP contribution in [0.1, 0.15) is 43.9 Å². The minimum Gasteiger partial charge on any atom is -0.484 e. The number of nitrogens with zero attached hydrogens (tertiary/aromatic N) is 1. The van der Waals surface area contributed by atoms with Crippen LogP contribution in [-0.2, 0) is 16.0 Å². The molecule has 0 saturated heterocycles. The number of benzene rings is 2. The Hall–Kier alpha value is -2.34. The van der Waals surface area contributed by atoms with E-state index in [2.05, 4.69) is 21.2 Å². The van der Waals surface area contributed by atoms with Crippen molar-refractivity contribution in [2.75, 3.05) is 13.2 Å². The third-order valence-corrected chi connectivity index (χ3v) is 6.32. The van der Waals surface area contributed by atoms with Gasteiger partial charge in [-0.2, -0.15) is 0 Å². The topological polar surface area (TPSA) is 58.6 Å². The first-order valence-electron chi connectivity index (χ1n) is 10.8. The normalized spacial score (nSPS) is 11.8. The first kappa shape index (κ1) is 24.9. The molecule has 1 atom stereocenters. The van der Waals surface area contributed by atoms with Crippen LogP contribution in [0.4, 0.5) is 0 Å². The largest absolute Gasteiger partial charge is 0.484 e. The van der Waals surface area contributed by atoms with Crippen molar-refractivity contribution in [2.45, 2.75) is 59.5 Å². The average Bonchev–Trinajstić information content (AvgIpc) is 2.73. The van der Waals surface area contributed by atoms with E-state index in [-0.39, 0.29) is 24.5 Å². The molecule has 0 bridgehead atoms. The first-order valence-corrected chi connectivity index (χ1v) is 11.6. The Balaban J connectivity index is 2.16. The highest BCUT2D eigenvalue weighted by atomic mass is 79.9.